The van der Waals surface area contributed by atoms with Crippen LogP contribution in [0.15, 0.2) is 0 Å². The molecule has 3 heteroatoms. The Labute approximate surface area is 73.8 Å². The third kappa shape index (κ3) is 1.37. The van der Waals surface area contributed by atoms with Crippen LogP contribution in [0.1, 0.15) is 19.8 Å². The molecular weight excluding hydrogens is 152 g/mol. The Morgan fingerprint density at radius 1 is 1.42 bits per heavy atom. The van der Waals surface area contributed by atoms with Crippen molar-refractivity contribution in [1.29, 1.82) is 0 Å². The molecule has 2 aliphatic rings. The first-order valence-electron chi connectivity index (χ1n) is 4.87. The van der Waals surface area contributed by atoms with Crippen LogP contribution in [-0.4, -0.2) is 47.8 Å². The lowest BCUT2D eigenvalue weighted by Gasteiger charge is -2.50. The molecule has 1 aliphatic heterocycles. The lowest BCUT2D eigenvalue weighted by atomic mass is 9.75. The number of aliphatic hydroxyl groups is 1. The molecule has 2 atom stereocenters. The van der Waals surface area contributed by atoms with E-state index < -0.39 is 5.60 Å². The summed E-state index contributed by atoms with van der Waals surface area (Å²) in [6.07, 6.45) is 2.15. The van der Waals surface area contributed by atoms with Crippen LogP contribution in [0.4, 0.5) is 0 Å². The molecule has 1 saturated heterocycles. The third-order valence-corrected chi connectivity index (χ3v) is 3.23. The van der Waals surface area contributed by atoms with Crippen LogP contribution in [0.5, 0.6) is 0 Å². The fourth-order valence-corrected chi connectivity index (χ4v) is 2.26. The highest BCUT2D eigenvalue weighted by Gasteiger charge is 2.44. The van der Waals surface area contributed by atoms with Gasteiger partial charge in [-0.15, -0.1) is 0 Å². The van der Waals surface area contributed by atoms with E-state index in [0.29, 0.717) is 6.04 Å². The van der Waals surface area contributed by atoms with Gasteiger partial charge < -0.3 is 10.4 Å². The maximum absolute atomic E-state index is 9.86. The lowest BCUT2D eigenvalue weighted by Crippen LogP contribution is -2.62. The van der Waals surface area contributed by atoms with Gasteiger partial charge in [-0.3, -0.25) is 4.90 Å². The molecular formula is C9H18N2O. The van der Waals surface area contributed by atoms with Crippen LogP contribution in [0.2, 0.25) is 0 Å². The second-order valence-electron chi connectivity index (χ2n) is 4.20. The Bertz CT molecular complexity index is 164. The van der Waals surface area contributed by atoms with E-state index in [1.165, 1.54) is 6.42 Å². The second-order valence-corrected chi connectivity index (χ2v) is 4.20. The summed E-state index contributed by atoms with van der Waals surface area (Å²) < 4.78 is 0. The molecule has 70 valence electrons. The molecule has 2 N–H and O–H groups in total. The van der Waals surface area contributed by atoms with Crippen LogP contribution >= 0.6 is 0 Å². The van der Waals surface area contributed by atoms with E-state index in [4.69, 9.17) is 0 Å². The predicted molar refractivity (Wildman–Crippen MR) is 48.1 cm³/mol. The first-order valence-corrected chi connectivity index (χ1v) is 4.87. The van der Waals surface area contributed by atoms with E-state index in [-0.39, 0.29) is 0 Å². The zero-order valence-electron chi connectivity index (χ0n) is 7.71. The number of nitrogens with zero attached hydrogens (tertiary/aromatic N) is 1. The zero-order valence-corrected chi connectivity index (χ0v) is 7.71. The normalized spacial score (nSPS) is 44.0. The molecule has 1 saturated carbocycles. The van der Waals surface area contributed by atoms with Gasteiger partial charge >= 0.3 is 0 Å². The smallest absolute Gasteiger partial charge is 0.0774 e. The highest BCUT2D eigenvalue weighted by molar-refractivity contribution is 5.00. The minimum absolute atomic E-state index is 0.405. The monoisotopic (exact) mass is 170 g/mol. The minimum Gasteiger partial charge on any atom is -0.389 e. The van der Waals surface area contributed by atoms with Crippen molar-refractivity contribution in [2.75, 3.05) is 26.2 Å². The van der Waals surface area contributed by atoms with Gasteiger partial charge in [0.25, 0.3) is 0 Å². The maximum atomic E-state index is 9.86. The number of nitrogens with one attached hydrogen (secondary N) is 1. The van der Waals surface area contributed by atoms with Gasteiger partial charge in [-0.1, -0.05) is 0 Å². The molecule has 0 aromatic rings. The zero-order chi connectivity index (χ0) is 8.60. The number of piperazine rings is 1. The van der Waals surface area contributed by atoms with Crippen molar-refractivity contribution in [2.24, 2.45) is 0 Å². The maximum Gasteiger partial charge on any atom is 0.0774 e. The van der Waals surface area contributed by atoms with Crippen LogP contribution in [-0.2, 0) is 0 Å². The van der Waals surface area contributed by atoms with Gasteiger partial charge in [0.1, 0.15) is 0 Å². The summed E-state index contributed by atoms with van der Waals surface area (Å²) in [6, 6.07) is 0.430. The summed E-state index contributed by atoms with van der Waals surface area (Å²) in [6.45, 7) is 6.31. The highest BCUT2D eigenvalue weighted by Crippen LogP contribution is 2.35. The van der Waals surface area contributed by atoms with Crippen molar-refractivity contribution >= 4 is 0 Å². The first kappa shape index (κ1) is 8.48. The van der Waals surface area contributed by atoms with Gasteiger partial charge in [0.15, 0.2) is 0 Å². The van der Waals surface area contributed by atoms with Crippen molar-refractivity contribution in [2.45, 2.75) is 31.4 Å². The first-order chi connectivity index (χ1) is 5.70. The summed E-state index contributed by atoms with van der Waals surface area (Å²) in [5.41, 5.74) is -0.405. The van der Waals surface area contributed by atoms with Crippen molar-refractivity contribution in [3.05, 3.63) is 0 Å². The topological polar surface area (TPSA) is 35.5 Å². The molecule has 0 amide bonds. The summed E-state index contributed by atoms with van der Waals surface area (Å²) in [5.74, 6) is 0. The number of hydrogen-bond donors (Lipinski definition) is 2. The summed E-state index contributed by atoms with van der Waals surface area (Å²) in [5, 5.41) is 13.2. The quantitative estimate of drug-likeness (QED) is 0.572. The molecule has 1 heterocycles. The van der Waals surface area contributed by atoms with Gasteiger partial charge in [-0.05, 0) is 19.8 Å². The molecule has 3 nitrogen and oxygen atoms in total. The Morgan fingerprint density at radius 3 is 2.50 bits per heavy atom. The average molecular weight is 170 g/mol. The molecule has 2 fully saturated rings. The summed E-state index contributed by atoms with van der Waals surface area (Å²) in [4.78, 5) is 2.42. The molecule has 0 spiro atoms. The van der Waals surface area contributed by atoms with E-state index in [1.54, 1.807) is 0 Å². The summed E-state index contributed by atoms with van der Waals surface area (Å²) >= 11 is 0. The van der Waals surface area contributed by atoms with E-state index in [1.807, 2.05) is 6.92 Å². The van der Waals surface area contributed by atoms with Crippen molar-refractivity contribution in [1.82, 2.24) is 10.2 Å². The van der Waals surface area contributed by atoms with E-state index in [9.17, 15) is 5.11 Å². The largest absolute Gasteiger partial charge is 0.389 e. The third-order valence-electron chi connectivity index (χ3n) is 3.23. The van der Waals surface area contributed by atoms with Crippen molar-refractivity contribution < 1.29 is 5.11 Å². The molecule has 0 aromatic carbocycles. The van der Waals surface area contributed by atoms with E-state index in [0.717, 1.165) is 32.6 Å². The summed E-state index contributed by atoms with van der Waals surface area (Å²) in [7, 11) is 0. The Hall–Kier alpha value is -0.120. The van der Waals surface area contributed by atoms with E-state index in [2.05, 4.69) is 10.2 Å². The van der Waals surface area contributed by atoms with E-state index >= 15 is 0 Å². The molecule has 2 rings (SSSR count). The van der Waals surface area contributed by atoms with Gasteiger partial charge in [0.2, 0.25) is 0 Å². The predicted octanol–water partition coefficient (Wildman–Crippen LogP) is -0.195. The highest BCUT2D eigenvalue weighted by atomic mass is 16.3. The Balaban J connectivity index is 1.91. The van der Waals surface area contributed by atoms with Crippen molar-refractivity contribution in [3.8, 4) is 0 Å². The van der Waals surface area contributed by atoms with Crippen LogP contribution in [0.3, 0.4) is 0 Å². The fourth-order valence-electron chi connectivity index (χ4n) is 2.26. The average Bonchev–Trinajstić information content (AvgIpc) is 2.05. The molecule has 0 radical (unpaired) electrons. The van der Waals surface area contributed by atoms with Gasteiger partial charge in [-0.25, -0.2) is 0 Å². The van der Waals surface area contributed by atoms with Crippen LogP contribution < -0.4 is 5.32 Å². The SMILES string of the molecule is C[C@]1(O)CC[C@@H]1N1CCNCC1. The molecule has 0 unspecified atom stereocenters. The fraction of sp³-hybridized carbons (Fsp3) is 1.00. The van der Waals surface area contributed by atoms with Crippen molar-refractivity contribution in [3.63, 3.8) is 0 Å². The number of rotatable bonds is 1. The lowest BCUT2D eigenvalue weighted by molar-refractivity contribution is -0.105. The number of hydrogen-bond acceptors (Lipinski definition) is 3. The Morgan fingerprint density at radius 2 is 2.08 bits per heavy atom. The Kier molecular flexibility index (Phi) is 2.10. The standard InChI is InChI=1S/C9H18N2O/c1-9(12)3-2-8(9)11-6-4-10-5-7-11/h8,10,12H,2-7H2,1H3/t8-,9-/m0/s1. The van der Waals surface area contributed by atoms with Gasteiger partial charge in [-0.2, -0.15) is 0 Å². The molecule has 12 heavy (non-hydrogen) atoms. The van der Waals surface area contributed by atoms with Crippen LogP contribution in [0.25, 0.3) is 0 Å². The molecule has 1 aliphatic carbocycles. The van der Waals surface area contributed by atoms with Gasteiger partial charge in [0.05, 0.1) is 5.60 Å². The van der Waals surface area contributed by atoms with Gasteiger partial charge in [0, 0.05) is 32.2 Å². The second kappa shape index (κ2) is 2.98. The van der Waals surface area contributed by atoms with Crippen LogP contribution in [0, 0.1) is 0 Å². The molecule has 0 bridgehead atoms. The minimum atomic E-state index is -0.405. The molecule has 0 aromatic heterocycles.